The van der Waals surface area contributed by atoms with Crippen LogP contribution < -0.4 is 0 Å². The van der Waals surface area contributed by atoms with Crippen molar-refractivity contribution >= 4 is 11.3 Å². The van der Waals surface area contributed by atoms with Gasteiger partial charge in [-0.2, -0.15) is 0 Å². The van der Waals surface area contributed by atoms with E-state index in [1.807, 2.05) is 6.20 Å². The van der Waals surface area contributed by atoms with E-state index in [-0.39, 0.29) is 0 Å². The SMILES string of the molecule is CC(C)(C)CN1CCC(C2CCN(Cc3nccs3)CC2)C1. The summed E-state index contributed by atoms with van der Waals surface area (Å²) in [4.78, 5) is 9.72. The molecule has 0 amide bonds. The van der Waals surface area contributed by atoms with Gasteiger partial charge in [-0.1, -0.05) is 20.8 Å². The number of hydrogen-bond donors (Lipinski definition) is 0. The normalized spacial score (nSPS) is 25.9. The highest BCUT2D eigenvalue weighted by atomic mass is 32.1. The Labute approximate surface area is 139 Å². The summed E-state index contributed by atoms with van der Waals surface area (Å²) in [5, 5.41) is 3.36. The van der Waals surface area contributed by atoms with Crippen molar-refractivity contribution in [1.82, 2.24) is 14.8 Å². The highest BCUT2D eigenvalue weighted by molar-refractivity contribution is 7.09. The van der Waals surface area contributed by atoms with Crippen molar-refractivity contribution in [2.24, 2.45) is 17.3 Å². The molecule has 0 aromatic carbocycles. The average molecular weight is 322 g/mol. The van der Waals surface area contributed by atoms with Crippen LogP contribution >= 0.6 is 11.3 Å². The fourth-order valence-corrected chi connectivity index (χ4v) is 4.82. The van der Waals surface area contributed by atoms with Gasteiger partial charge in [0.25, 0.3) is 0 Å². The Kier molecular flexibility index (Phi) is 5.20. The highest BCUT2D eigenvalue weighted by Crippen LogP contribution is 2.33. The summed E-state index contributed by atoms with van der Waals surface area (Å²) in [7, 11) is 0. The molecule has 22 heavy (non-hydrogen) atoms. The van der Waals surface area contributed by atoms with Crippen LogP contribution in [0.1, 0.15) is 45.0 Å². The molecule has 0 radical (unpaired) electrons. The zero-order valence-corrected chi connectivity index (χ0v) is 15.2. The molecule has 2 aliphatic heterocycles. The van der Waals surface area contributed by atoms with Gasteiger partial charge >= 0.3 is 0 Å². The maximum Gasteiger partial charge on any atom is 0.107 e. The van der Waals surface area contributed by atoms with Crippen molar-refractivity contribution in [2.75, 3.05) is 32.7 Å². The summed E-state index contributed by atoms with van der Waals surface area (Å²) >= 11 is 1.79. The Morgan fingerprint density at radius 1 is 1.09 bits per heavy atom. The van der Waals surface area contributed by atoms with Crippen molar-refractivity contribution in [2.45, 2.75) is 46.6 Å². The Balaban J connectivity index is 1.42. The summed E-state index contributed by atoms with van der Waals surface area (Å²) in [6.45, 7) is 14.6. The second-order valence-electron chi connectivity index (χ2n) is 8.38. The lowest BCUT2D eigenvalue weighted by Crippen LogP contribution is -2.37. The van der Waals surface area contributed by atoms with Crippen LogP contribution in [0.3, 0.4) is 0 Å². The number of aromatic nitrogens is 1. The zero-order valence-electron chi connectivity index (χ0n) is 14.4. The Hall–Kier alpha value is -0.450. The number of hydrogen-bond acceptors (Lipinski definition) is 4. The van der Waals surface area contributed by atoms with E-state index in [2.05, 4.69) is 40.9 Å². The van der Waals surface area contributed by atoms with Crippen LogP contribution in [0.4, 0.5) is 0 Å². The third kappa shape index (κ3) is 4.53. The van der Waals surface area contributed by atoms with Crippen LogP contribution in [0.2, 0.25) is 0 Å². The van der Waals surface area contributed by atoms with Crippen molar-refractivity contribution in [3.8, 4) is 0 Å². The standard InChI is InChI=1S/C18H31N3S/c1-18(2,3)14-21-10-6-16(12-21)15-4-8-20(9-5-15)13-17-19-7-11-22-17/h7,11,15-16H,4-6,8-10,12-14H2,1-3H3. The largest absolute Gasteiger partial charge is 0.303 e. The van der Waals surface area contributed by atoms with Crippen LogP contribution in [0, 0.1) is 17.3 Å². The number of likely N-dealkylation sites (tertiary alicyclic amines) is 2. The maximum atomic E-state index is 4.42. The van der Waals surface area contributed by atoms with Gasteiger partial charge in [-0.15, -0.1) is 11.3 Å². The second-order valence-corrected chi connectivity index (χ2v) is 9.36. The van der Waals surface area contributed by atoms with Gasteiger partial charge in [0.15, 0.2) is 0 Å². The number of thiazole rings is 1. The number of rotatable bonds is 4. The molecule has 1 aromatic rings. The third-order valence-electron chi connectivity index (χ3n) is 5.15. The molecule has 3 rings (SSSR count). The molecule has 2 aliphatic rings. The van der Waals surface area contributed by atoms with Crippen molar-refractivity contribution in [3.63, 3.8) is 0 Å². The fraction of sp³-hybridized carbons (Fsp3) is 0.833. The van der Waals surface area contributed by atoms with Crippen LogP contribution in [-0.2, 0) is 6.54 Å². The van der Waals surface area contributed by atoms with E-state index in [1.165, 1.54) is 57.0 Å². The Bertz CT molecular complexity index is 443. The molecule has 0 spiro atoms. The smallest absolute Gasteiger partial charge is 0.107 e. The molecule has 3 heterocycles. The molecule has 2 saturated heterocycles. The molecule has 0 N–H and O–H groups in total. The minimum atomic E-state index is 0.436. The van der Waals surface area contributed by atoms with Gasteiger partial charge in [0.05, 0.1) is 6.54 Å². The van der Waals surface area contributed by atoms with Gasteiger partial charge < -0.3 is 4.90 Å². The van der Waals surface area contributed by atoms with Crippen LogP contribution in [0.25, 0.3) is 0 Å². The van der Waals surface area contributed by atoms with Gasteiger partial charge in [-0.25, -0.2) is 4.98 Å². The van der Waals surface area contributed by atoms with E-state index in [4.69, 9.17) is 0 Å². The average Bonchev–Trinajstić information content (AvgIpc) is 3.10. The zero-order chi connectivity index (χ0) is 15.6. The minimum Gasteiger partial charge on any atom is -0.303 e. The molecule has 124 valence electrons. The topological polar surface area (TPSA) is 19.4 Å². The van der Waals surface area contributed by atoms with E-state index < -0.39 is 0 Å². The van der Waals surface area contributed by atoms with Crippen LogP contribution in [-0.4, -0.2) is 47.5 Å². The highest BCUT2D eigenvalue weighted by Gasteiger charge is 2.33. The van der Waals surface area contributed by atoms with E-state index in [9.17, 15) is 0 Å². The molecular weight excluding hydrogens is 290 g/mol. The molecule has 2 fully saturated rings. The summed E-state index contributed by atoms with van der Waals surface area (Å²) < 4.78 is 0. The first-order valence-corrected chi connectivity index (χ1v) is 9.71. The molecule has 0 aliphatic carbocycles. The van der Waals surface area contributed by atoms with E-state index in [0.29, 0.717) is 5.41 Å². The summed E-state index contributed by atoms with van der Waals surface area (Å²) in [6.07, 6.45) is 6.13. The maximum absolute atomic E-state index is 4.42. The number of piperidine rings is 1. The van der Waals surface area contributed by atoms with Crippen LogP contribution in [0.5, 0.6) is 0 Å². The molecule has 1 unspecified atom stereocenters. The van der Waals surface area contributed by atoms with Gasteiger partial charge in [-0.3, -0.25) is 4.90 Å². The van der Waals surface area contributed by atoms with Gasteiger partial charge in [-0.05, 0) is 56.1 Å². The van der Waals surface area contributed by atoms with Crippen molar-refractivity contribution in [1.29, 1.82) is 0 Å². The molecule has 1 atom stereocenters. The van der Waals surface area contributed by atoms with E-state index in [1.54, 1.807) is 11.3 Å². The molecule has 0 saturated carbocycles. The van der Waals surface area contributed by atoms with Gasteiger partial charge in [0.1, 0.15) is 5.01 Å². The van der Waals surface area contributed by atoms with Crippen molar-refractivity contribution < 1.29 is 0 Å². The molecule has 3 nitrogen and oxygen atoms in total. The summed E-state index contributed by atoms with van der Waals surface area (Å²) in [5.74, 6) is 1.90. The minimum absolute atomic E-state index is 0.436. The Morgan fingerprint density at radius 2 is 1.77 bits per heavy atom. The predicted molar refractivity (Wildman–Crippen MR) is 94.1 cm³/mol. The first-order chi connectivity index (χ1) is 10.5. The van der Waals surface area contributed by atoms with Crippen molar-refractivity contribution in [3.05, 3.63) is 16.6 Å². The fourth-order valence-electron chi connectivity index (χ4n) is 4.17. The lowest BCUT2D eigenvalue weighted by Gasteiger charge is -2.34. The molecule has 4 heteroatoms. The second kappa shape index (κ2) is 6.98. The quantitative estimate of drug-likeness (QED) is 0.842. The lowest BCUT2D eigenvalue weighted by atomic mass is 9.83. The third-order valence-corrected chi connectivity index (χ3v) is 5.91. The van der Waals surface area contributed by atoms with E-state index >= 15 is 0 Å². The lowest BCUT2D eigenvalue weighted by molar-refractivity contribution is 0.137. The molecule has 0 bridgehead atoms. The Morgan fingerprint density at radius 3 is 2.41 bits per heavy atom. The number of nitrogens with zero attached hydrogens (tertiary/aromatic N) is 3. The summed E-state index contributed by atoms with van der Waals surface area (Å²) in [6, 6.07) is 0. The van der Waals surface area contributed by atoms with Crippen LogP contribution in [0.15, 0.2) is 11.6 Å². The van der Waals surface area contributed by atoms with E-state index in [0.717, 1.165) is 18.4 Å². The first kappa shape index (κ1) is 16.4. The predicted octanol–water partition coefficient (Wildman–Crippen LogP) is 3.72. The molecular formula is C18H31N3S. The molecule has 1 aromatic heterocycles. The van der Waals surface area contributed by atoms with Gasteiger partial charge in [0, 0.05) is 24.7 Å². The first-order valence-electron chi connectivity index (χ1n) is 8.83. The monoisotopic (exact) mass is 321 g/mol. The van der Waals surface area contributed by atoms with Gasteiger partial charge in [0.2, 0.25) is 0 Å². The summed E-state index contributed by atoms with van der Waals surface area (Å²) in [5.41, 5.74) is 0.436.